The summed E-state index contributed by atoms with van der Waals surface area (Å²) in [6, 6.07) is 44.3. The molecule has 0 saturated heterocycles. The molecule has 0 aliphatic carbocycles. The number of benzene rings is 9. The van der Waals surface area contributed by atoms with E-state index in [2.05, 4.69) is 6.07 Å². The SMILES string of the molecule is [2H]c1c([2H])c(N(c2ccccc2-c2ccc3c(c2)oc2c4ccccc4ccc32)c2c([2H])c([2H])c(-c3ccc4ccccc4c3)c([2H])c2[2H])c([2H])c([2H])c1-c1ccccc1. The van der Waals surface area contributed by atoms with Crippen LogP contribution in [0.25, 0.3) is 76.9 Å². The molecule has 2 heteroatoms. The first-order chi connectivity index (χ1) is 29.1. The summed E-state index contributed by atoms with van der Waals surface area (Å²) in [6.07, 6.45) is 0. The Morgan fingerprint density at radius 1 is 0.385 bits per heavy atom. The Labute approximate surface area is 313 Å². The van der Waals surface area contributed by atoms with E-state index in [0.717, 1.165) is 37.9 Å². The first kappa shape index (κ1) is 22.7. The van der Waals surface area contributed by atoms with Gasteiger partial charge in [-0.25, -0.2) is 0 Å². The molecule has 10 rings (SSSR count). The summed E-state index contributed by atoms with van der Waals surface area (Å²) in [6.45, 7) is 0. The van der Waals surface area contributed by atoms with Crippen molar-refractivity contribution < 1.29 is 15.4 Å². The topological polar surface area (TPSA) is 16.4 Å². The largest absolute Gasteiger partial charge is 0.455 e. The summed E-state index contributed by atoms with van der Waals surface area (Å²) < 4.78 is 82.0. The molecule has 244 valence electrons. The molecule has 0 aliphatic heterocycles. The Morgan fingerprint density at radius 3 is 1.77 bits per heavy atom. The fraction of sp³-hybridized carbons (Fsp3) is 0. The van der Waals surface area contributed by atoms with Crippen molar-refractivity contribution >= 4 is 60.5 Å². The first-order valence-corrected chi connectivity index (χ1v) is 17.1. The van der Waals surface area contributed by atoms with E-state index >= 15 is 0 Å². The van der Waals surface area contributed by atoms with Crippen LogP contribution in [0, 0.1) is 0 Å². The third kappa shape index (κ3) is 5.21. The van der Waals surface area contributed by atoms with Crippen molar-refractivity contribution in [3.8, 4) is 33.4 Å². The molecule has 0 spiro atoms. The molecule has 0 unspecified atom stereocenters. The summed E-state index contributed by atoms with van der Waals surface area (Å²) in [4.78, 5) is 1.37. The van der Waals surface area contributed by atoms with Gasteiger partial charge in [0.1, 0.15) is 11.2 Å². The minimum absolute atomic E-state index is 0.106. The number of hydrogen-bond acceptors (Lipinski definition) is 2. The van der Waals surface area contributed by atoms with Gasteiger partial charge in [-0.05, 0) is 98.5 Å². The van der Waals surface area contributed by atoms with Gasteiger partial charge in [0.2, 0.25) is 0 Å². The lowest BCUT2D eigenvalue weighted by atomic mass is 9.98. The summed E-state index contributed by atoms with van der Waals surface area (Å²) in [7, 11) is 0. The van der Waals surface area contributed by atoms with Gasteiger partial charge in [0, 0.05) is 33.1 Å². The van der Waals surface area contributed by atoms with E-state index in [1.807, 2.05) is 103 Å². The number of hydrogen-bond donors (Lipinski definition) is 0. The van der Waals surface area contributed by atoms with Crippen LogP contribution in [0.15, 0.2) is 204 Å². The molecular weight excluding hydrogens is 631 g/mol. The van der Waals surface area contributed by atoms with Gasteiger partial charge in [-0.3, -0.25) is 0 Å². The van der Waals surface area contributed by atoms with Gasteiger partial charge in [0.05, 0.1) is 16.7 Å². The summed E-state index contributed by atoms with van der Waals surface area (Å²) >= 11 is 0. The van der Waals surface area contributed by atoms with Gasteiger partial charge < -0.3 is 9.32 Å². The Balaban J connectivity index is 1.24. The zero-order valence-corrected chi connectivity index (χ0v) is 27.8. The molecule has 1 aromatic heterocycles. The van der Waals surface area contributed by atoms with E-state index in [0.29, 0.717) is 33.5 Å². The van der Waals surface area contributed by atoms with Crippen molar-refractivity contribution in [3.63, 3.8) is 0 Å². The normalized spacial score (nSPS) is 13.6. The molecule has 0 saturated carbocycles. The summed E-state index contributed by atoms with van der Waals surface area (Å²) in [5, 5.41) is 5.75. The third-order valence-corrected chi connectivity index (χ3v) is 9.59. The lowest BCUT2D eigenvalue weighted by Gasteiger charge is -2.28. The van der Waals surface area contributed by atoms with Gasteiger partial charge in [-0.1, -0.05) is 145 Å². The van der Waals surface area contributed by atoms with Crippen molar-refractivity contribution in [1.29, 1.82) is 0 Å². The molecule has 52 heavy (non-hydrogen) atoms. The van der Waals surface area contributed by atoms with E-state index in [4.69, 9.17) is 4.42 Å². The van der Waals surface area contributed by atoms with Crippen molar-refractivity contribution in [3.05, 3.63) is 200 Å². The van der Waals surface area contributed by atoms with Crippen molar-refractivity contribution in [2.75, 3.05) is 4.90 Å². The van der Waals surface area contributed by atoms with E-state index in [-0.39, 0.29) is 46.7 Å². The van der Waals surface area contributed by atoms with Gasteiger partial charge in [0.25, 0.3) is 0 Å². The lowest BCUT2D eigenvalue weighted by molar-refractivity contribution is 0.673. The Bertz CT molecular complexity index is 3320. The predicted octanol–water partition coefficient (Wildman–Crippen LogP) is 14.4. The number of fused-ring (bicyclic) bond motifs is 6. The van der Waals surface area contributed by atoms with Crippen molar-refractivity contribution in [2.45, 2.75) is 0 Å². The van der Waals surface area contributed by atoms with Crippen molar-refractivity contribution in [1.82, 2.24) is 0 Å². The molecule has 0 N–H and O–H groups in total. The van der Waals surface area contributed by atoms with Crippen LogP contribution in [0.2, 0.25) is 0 Å². The summed E-state index contributed by atoms with van der Waals surface area (Å²) in [5.74, 6) is 0. The Morgan fingerprint density at radius 2 is 0.981 bits per heavy atom. The van der Waals surface area contributed by atoms with Crippen LogP contribution in [0.4, 0.5) is 17.1 Å². The monoisotopic (exact) mass is 671 g/mol. The highest BCUT2D eigenvalue weighted by Crippen LogP contribution is 2.43. The van der Waals surface area contributed by atoms with E-state index in [1.54, 1.807) is 42.5 Å². The Kier molecular flexibility index (Phi) is 5.45. The van der Waals surface area contributed by atoms with E-state index < -0.39 is 24.2 Å². The van der Waals surface area contributed by atoms with Gasteiger partial charge in [0.15, 0.2) is 0 Å². The maximum Gasteiger partial charge on any atom is 0.143 e. The second-order valence-electron chi connectivity index (χ2n) is 12.7. The number of anilines is 3. The minimum atomic E-state index is -0.405. The fourth-order valence-electron chi connectivity index (χ4n) is 7.01. The molecule has 0 fully saturated rings. The zero-order valence-electron chi connectivity index (χ0n) is 35.8. The van der Waals surface area contributed by atoms with Gasteiger partial charge in [-0.2, -0.15) is 0 Å². The second-order valence-corrected chi connectivity index (χ2v) is 12.7. The molecule has 0 amide bonds. The highest BCUT2D eigenvalue weighted by molar-refractivity contribution is 6.15. The van der Waals surface area contributed by atoms with Crippen LogP contribution in [0.3, 0.4) is 0 Å². The fourth-order valence-corrected chi connectivity index (χ4v) is 7.01. The van der Waals surface area contributed by atoms with E-state index in [9.17, 15) is 11.0 Å². The van der Waals surface area contributed by atoms with Crippen LogP contribution >= 0.6 is 0 Å². The van der Waals surface area contributed by atoms with Crippen LogP contribution in [-0.4, -0.2) is 0 Å². The van der Waals surface area contributed by atoms with Crippen LogP contribution in [-0.2, 0) is 0 Å². The highest BCUT2D eigenvalue weighted by Gasteiger charge is 2.19. The molecule has 1 heterocycles. The quantitative estimate of drug-likeness (QED) is 0.175. The molecule has 0 radical (unpaired) electrons. The first-order valence-electron chi connectivity index (χ1n) is 21.1. The lowest BCUT2D eigenvalue weighted by Crippen LogP contribution is -2.11. The highest BCUT2D eigenvalue weighted by atomic mass is 16.3. The minimum Gasteiger partial charge on any atom is -0.455 e. The smallest absolute Gasteiger partial charge is 0.143 e. The van der Waals surface area contributed by atoms with Crippen LogP contribution < -0.4 is 4.90 Å². The predicted molar refractivity (Wildman–Crippen MR) is 220 cm³/mol. The second kappa shape index (κ2) is 12.5. The van der Waals surface area contributed by atoms with Crippen LogP contribution in [0.5, 0.6) is 0 Å². The van der Waals surface area contributed by atoms with Crippen LogP contribution in [0.1, 0.15) is 11.0 Å². The average molecular weight is 672 g/mol. The molecule has 2 nitrogen and oxygen atoms in total. The molecule has 0 atom stereocenters. The maximum absolute atomic E-state index is 9.59. The molecule has 0 aliphatic rings. The van der Waals surface area contributed by atoms with Crippen molar-refractivity contribution in [2.24, 2.45) is 0 Å². The number of nitrogens with zero attached hydrogens (tertiary/aromatic N) is 1. The standard InChI is InChI=1S/C50H33NO/c1-2-10-34(11-3-1)36-20-26-42(27-21-36)51(43-28-22-37(23-29-43)40-19-18-35-12-4-5-14-39(35)32-40)48-17-9-8-15-44(48)41-25-30-46-47-31-24-38-13-6-7-16-45(38)50(47)52-49(46)33-41/h1-33H/i20D,21D,22D,23D,26D,27D,28D,29D. The van der Waals surface area contributed by atoms with E-state index in [1.165, 1.54) is 4.90 Å². The number of furan rings is 1. The zero-order chi connectivity index (χ0) is 41.4. The van der Waals surface area contributed by atoms with Gasteiger partial charge >= 0.3 is 0 Å². The average Bonchev–Trinajstić information content (AvgIpc) is 3.66. The molecule has 0 bridgehead atoms. The maximum atomic E-state index is 9.59. The molecule has 9 aromatic carbocycles. The summed E-state index contributed by atoms with van der Waals surface area (Å²) in [5.41, 5.74) is 3.76. The Hall–Kier alpha value is -6.90. The number of para-hydroxylation sites is 1. The molecule has 10 aromatic rings. The third-order valence-electron chi connectivity index (χ3n) is 9.59. The molecular formula is C50H33NO. The van der Waals surface area contributed by atoms with Gasteiger partial charge in [-0.15, -0.1) is 0 Å². The number of rotatable bonds is 6.